The topological polar surface area (TPSA) is 91.3 Å². The van der Waals surface area contributed by atoms with Gasteiger partial charge in [0.1, 0.15) is 0 Å². The van der Waals surface area contributed by atoms with E-state index in [1.54, 1.807) is 30.3 Å². The molecule has 0 unspecified atom stereocenters. The third-order valence-corrected chi connectivity index (χ3v) is 4.57. The number of allylic oxidation sites excluding steroid dienone is 1. The molecule has 124 valence electrons. The zero-order chi connectivity index (χ0) is 17.9. The van der Waals surface area contributed by atoms with E-state index in [4.69, 9.17) is 0 Å². The van der Waals surface area contributed by atoms with Crippen LogP contribution in [-0.4, -0.2) is 26.4 Å². The Morgan fingerprint density at radius 2 is 1.32 bits per heavy atom. The van der Waals surface area contributed by atoms with Crippen LogP contribution in [0.3, 0.4) is 0 Å². The van der Waals surface area contributed by atoms with Gasteiger partial charge in [0, 0.05) is 17.4 Å². The summed E-state index contributed by atoms with van der Waals surface area (Å²) in [7, 11) is -3.38. The molecule has 0 heterocycles. The van der Waals surface area contributed by atoms with E-state index in [0.29, 0.717) is 11.1 Å². The van der Waals surface area contributed by atoms with Crippen molar-refractivity contribution in [2.75, 3.05) is 6.26 Å². The van der Waals surface area contributed by atoms with Crippen LogP contribution in [0.4, 0.5) is 0 Å². The summed E-state index contributed by atoms with van der Waals surface area (Å²) < 4.78 is 23.1. The minimum Gasteiger partial charge on any atom is -0.545 e. The van der Waals surface area contributed by atoms with Crippen molar-refractivity contribution in [2.45, 2.75) is 11.8 Å². The standard InChI is InChI=1S/C18H16O5S.Na/c1-12(19)16(14-8-10-15(11-9-14)24(2,22)23)17(18(20)21)13-6-4-3-5-7-13;/h3-11H,1-2H3,(H,20,21);/q;+1/p-1/b17-16-;. The number of carbonyl (C=O) groups excluding carboxylic acids is 2. The number of sulfone groups is 1. The summed E-state index contributed by atoms with van der Waals surface area (Å²) in [5, 5.41) is 11.6. The molecule has 0 aliphatic rings. The van der Waals surface area contributed by atoms with Crippen LogP contribution >= 0.6 is 0 Å². The molecule has 25 heavy (non-hydrogen) atoms. The smallest absolute Gasteiger partial charge is 0.545 e. The van der Waals surface area contributed by atoms with Crippen LogP contribution in [0.1, 0.15) is 18.1 Å². The molecule has 0 spiro atoms. The van der Waals surface area contributed by atoms with E-state index in [2.05, 4.69) is 0 Å². The number of carbonyl (C=O) groups is 2. The van der Waals surface area contributed by atoms with E-state index >= 15 is 0 Å². The van der Waals surface area contributed by atoms with E-state index in [9.17, 15) is 23.1 Å². The first-order valence-electron chi connectivity index (χ1n) is 7.04. The molecule has 0 bridgehead atoms. The van der Waals surface area contributed by atoms with Crippen LogP contribution in [0.2, 0.25) is 0 Å². The number of benzene rings is 2. The van der Waals surface area contributed by atoms with Gasteiger partial charge >= 0.3 is 29.6 Å². The van der Waals surface area contributed by atoms with Gasteiger partial charge in [0.2, 0.25) is 0 Å². The van der Waals surface area contributed by atoms with Crippen molar-refractivity contribution in [3.05, 3.63) is 65.7 Å². The molecule has 0 radical (unpaired) electrons. The van der Waals surface area contributed by atoms with Gasteiger partial charge in [-0.05, 0) is 30.2 Å². The molecule has 2 rings (SSSR count). The minimum absolute atomic E-state index is 0. The number of carboxylic acids is 1. The first-order valence-corrected chi connectivity index (χ1v) is 8.93. The summed E-state index contributed by atoms with van der Waals surface area (Å²) in [5.41, 5.74) is 0.407. The van der Waals surface area contributed by atoms with Crippen LogP contribution in [0.25, 0.3) is 11.1 Å². The van der Waals surface area contributed by atoms with Crippen molar-refractivity contribution >= 4 is 32.7 Å². The van der Waals surface area contributed by atoms with E-state index in [1.807, 2.05) is 0 Å². The van der Waals surface area contributed by atoms with Crippen molar-refractivity contribution < 1.29 is 52.7 Å². The molecule has 0 atom stereocenters. The Labute approximate surface area is 168 Å². The van der Waals surface area contributed by atoms with Gasteiger partial charge in [0.25, 0.3) is 0 Å². The maximum atomic E-state index is 12.1. The number of rotatable bonds is 5. The molecule has 0 saturated heterocycles. The molecule has 0 aliphatic heterocycles. The fourth-order valence-corrected chi connectivity index (χ4v) is 2.99. The zero-order valence-corrected chi connectivity index (χ0v) is 17.0. The molecular formula is C18H15NaO5S. The van der Waals surface area contributed by atoms with Crippen molar-refractivity contribution in [1.29, 1.82) is 0 Å². The molecule has 2 aromatic carbocycles. The number of carboxylic acid groups (broad SMARTS) is 1. The summed E-state index contributed by atoms with van der Waals surface area (Å²) >= 11 is 0. The quantitative estimate of drug-likeness (QED) is 0.359. The molecule has 2 aromatic rings. The number of hydrogen-bond acceptors (Lipinski definition) is 5. The third kappa shape index (κ3) is 5.12. The molecule has 7 heteroatoms. The largest absolute Gasteiger partial charge is 1.00 e. The Balaban J connectivity index is 0.00000312. The maximum absolute atomic E-state index is 12.1. The van der Waals surface area contributed by atoms with E-state index < -0.39 is 21.6 Å². The normalized spacial score (nSPS) is 11.9. The van der Waals surface area contributed by atoms with Crippen molar-refractivity contribution in [1.82, 2.24) is 0 Å². The van der Waals surface area contributed by atoms with Gasteiger partial charge in [-0.3, -0.25) is 4.79 Å². The fraction of sp³-hybridized carbons (Fsp3) is 0.111. The summed E-state index contributed by atoms with van der Waals surface area (Å²) in [6.07, 6.45) is 1.07. The number of Topliss-reactive ketones (excluding diaryl/α,β-unsaturated/α-hetero) is 1. The Bertz CT molecular complexity index is 914. The SMILES string of the molecule is CC(=O)/C(=C(/C(=O)[O-])c1ccccc1)c1ccc(S(C)(=O)=O)cc1.[Na+]. The predicted molar refractivity (Wildman–Crippen MR) is 88.5 cm³/mol. The number of hydrogen-bond donors (Lipinski definition) is 0. The average Bonchev–Trinajstić information content (AvgIpc) is 2.52. The van der Waals surface area contributed by atoms with E-state index in [-0.39, 0.29) is 45.6 Å². The zero-order valence-electron chi connectivity index (χ0n) is 14.1. The first kappa shape index (κ1) is 21.3. The van der Waals surface area contributed by atoms with Crippen molar-refractivity contribution in [3.8, 4) is 0 Å². The summed E-state index contributed by atoms with van der Waals surface area (Å²) in [6.45, 7) is 1.26. The predicted octanol–water partition coefficient (Wildman–Crippen LogP) is -1.66. The van der Waals surface area contributed by atoms with Gasteiger partial charge < -0.3 is 9.90 Å². The van der Waals surface area contributed by atoms with Gasteiger partial charge in [-0.2, -0.15) is 0 Å². The Kier molecular flexibility index (Phi) is 7.31. The second-order valence-electron chi connectivity index (χ2n) is 5.26. The number of ketones is 1. The fourth-order valence-electron chi connectivity index (χ4n) is 2.36. The molecular weight excluding hydrogens is 351 g/mol. The van der Waals surface area contributed by atoms with Gasteiger partial charge in [-0.1, -0.05) is 42.5 Å². The van der Waals surface area contributed by atoms with Crippen LogP contribution in [-0.2, 0) is 19.4 Å². The Hall–Kier alpha value is -1.73. The van der Waals surface area contributed by atoms with E-state index in [1.165, 1.54) is 31.2 Å². The van der Waals surface area contributed by atoms with Gasteiger partial charge in [0.05, 0.1) is 10.9 Å². The molecule has 0 N–H and O–H groups in total. The molecule has 5 nitrogen and oxygen atoms in total. The molecule has 0 saturated carbocycles. The Morgan fingerprint density at radius 3 is 1.72 bits per heavy atom. The Morgan fingerprint density at radius 1 is 0.840 bits per heavy atom. The van der Waals surface area contributed by atoms with Gasteiger partial charge in [0.15, 0.2) is 15.6 Å². The van der Waals surface area contributed by atoms with Crippen molar-refractivity contribution in [2.24, 2.45) is 0 Å². The molecule has 0 aromatic heterocycles. The first-order chi connectivity index (χ1) is 11.2. The molecule has 0 amide bonds. The minimum atomic E-state index is -3.38. The summed E-state index contributed by atoms with van der Waals surface area (Å²) in [6, 6.07) is 13.7. The average molecular weight is 366 g/mol. The monoisotopic (exact) mass is 366 g/mol. The van der Waals surface area contributed by atoms with Gasteiger partial charge in [-0.25, -0.2) is 8.42 Å². The van der Waals surface area contributed by atoms with E-state index in [0.717, 1.165) is 6.26 Å². The molecule has 0 fully saturated rings. The summed E-state index contributed by atoms with van der Waals surface area (Å²) in [5.74, 6) is -1.93. The number of aliphatic carboxylic acids is 1. The second-order valence-corrected chi connectivity index (χ2v) is 7.27. The van der Waals surface area contributed by atoms with Crippen molar-refractivity contribution in [3.63, 3.8) is 0 Å². The second kappa shape index (κ2) is 8.58. The van der Waals surface area contributed by atoms with Crippen LogP contribution in [0.5, 0.6) is 0 Å². The van der Waals surface area contributed by atoms with Crippen LogP contribution in [0.15, 0.2) is 59.5 Å². The van der Waals surface area contributed by atoms with Gasteiger partial charge in [-0.15, -0.1) is 0 Å². The summed E-state index contributed by atoms with van der Waals surface area (Å²) in [4.78, 5) is 23.8. The van der Waals surface area contributed by atoms with Crippen LogP contribution < -0.4 is 34.7 Å². The maximum Gasteiger partial charge on any atom is 1.00 e. The van der Waals surface area contributed by atoms with Crippen LogP contribution in [0, 0.1) is 0 Å². The third-order valence-electron chi connectivity index (χ3n) is 3.44. The molecule has 0 aliphatic carbocycles.